The summed E-state index contributed by atoms with van der Waals surface area (Å²) >= 11 is 0. The lowest BCUT2D eigenvalue weighted by atomic mass is 10.1. The molecule has 0 aliphatic carbocycles. The Bertz CT molecular complexity index is 969. The fraction of sp³-hybridized carbons (Fsp3) is 0.250. The second kappa shape index (κ2) is 6.89. The minimum atomic E-state index is -0.243. The third-order valence-electron chi connectivity index (χ3n) is 4.32. The van der Waals surface area contributed by atoms with Crippen LogP contribution in [-0.4, -0.2) is 21.7 Å². The quantitative estimate of drug-likeness (QED) is 0.583. The predicted octanol–water partition coefficient (Wildman–Crippen LogP) is 3.75. The van der Waals surface area contributed by atoms with Crippen LogP contribution in [0.5, 0.6) is 0 Å². The summed E-state index contributed by atoms with van der Waals surface area (Å²) in [6, 6.07) is 11.7. The molecule has 0 atom stereocenters. The Morgan fingerprint density at radius 2 is 2.00 bits per heavy atom. The van der Waals surface area contributed by atoms with E-state index in [0.717, 1.165) is 40.1 Å². The Morgan fingerprint density at radius 1 is 1.20 bits per heavy atom. The number of imidazole rings is 1. The maximum Gasteiger partial charge on any atom is 0.271 e. The largest absolute Gasteiger partial charge is 0.329 e. The van der Waals surface area contributed by atoms with Gasteiger partial charge >= 0.3 is 0 Å². The third-order valence-corrected chi connectivity index (χ3v) is 4.32. The maximum absolute atomic E-state index is 12.3. The molecule has 0 saturated carbocycles. The molecule has 1 aromatic heterocycles. The van der Waals surface area contributed by atoms with Crippen molar-refractivity contribution in [3.8, 4) is 0 Å². The van der Waals surface area contributed by atoms with Gasteiger partial charge in [-0.3, -0.25) is 4.79 Å². The van der Waals surface area contributed by atoms with Gasteiger partial charge in [0.15, 0.2) is 0 Å². The van der Waals surface area contributed by atoms with E-state index in [1.54, 1.807) is 18.3 Å². The standard InChI is InChI=1S/C20H22N4O/c1-5-24-15(4)22-18-11-16(8-9-19(18)24)20(25)23-21-12-17-10-13(2)6-7-14(17)3/h6-12H,5H2,1-4H3,(H,23,25). The van der Waals surface area contributed by atoms with Crippen molar-refractivity contribution in [3.05, 3.63) is 64.5 Å². The number of fused-ring (bicyclic) bond motifs is 1. The van der Waals surface area contributed by atoms with Gasteiger partial charge in [-0.05, 0) is 57.0 Å². The summed E-state index contributed by atoms with van der Waals surface area (Å²) in [5, 5.41) is 4.09. The number of hydrogen-bond donors (Lipinski definition) is 1. The smallest absolute Gasteiger partial charge is 0.271 e. The maximum atomic E-state index is 12.3. The van der Waals surface area contributed by atoms with Crippen molar-refractivity contribution in [2.24, 2.45) is 5.10 Å². The molecule has 0 aliphatic heterocycles. The van der Waals surface area contributed by atoms with Crippen molar-refractivity contribution in [1.29, 1.82) is 0 Å². The van der Waals surface area contributed by atoms with Gasteiger partial charge < -0.3 is 4.57 Å². The molecule has 0 bridgehead atoms. The summed E-state index contributed by atoms with van der Waals surface area (Å²) in [5.74, 6) is 0.704. The minimum absolute atomic E-state index is 0.243. The molecule has 5 heteroatoms. The van der Waals surface area contributed by atoms with E-state index in [2.05, 4.69) is 33.1 Å². The first kappa shape index (κ1) is 16.9. The van der Waals surface area contributed by atoms with Gasteiger partial charge in [0.05, 0.1) is 17.2 Å². The normalized spacial score (nSPS) is 11.4. The van der Waals surface area contributed by atoms with E-state index < -0.39 is 0 Å². The van der Waals surface area contributed by atoms with Crippen molar-refractivity contribution in [1.82, 2.24) is 15.0 Å². The Kier molecular flexibility index (Phi) is 4.65. The highest BCUT2D eigenvalue weighted by molar-refractivity contribution is 5.98. The molecule has 0 spiro atoms. The van der Waals surface area contributed by atoms with Crippen LogP contribution < -0.4 is 5.43 Å². The van der Waals surface area contributed by atoms with E-state index in [1.165, 1.54) is 0 Å². The number of carbonyl (C=O) groups is 1. The van der Waals surface area contributed by atoms with Crippen LogP contribution in [-0.2, 0) is 6.54 Å². The Morgan fingerprint density at radius 3 is 2.76 bits per heavy atom. The van der Waals surface area contributed by atoms with Crippen LogP contribution in [0.4, 0.5) is 0 Å². The fourth-order valence-electron chi connectivity index (χ4n) is 2.91. The number of aromatic nitrogens is 2. The summed E-state index contributed by atoms with van der Waals surface area (Å²) < 4.78 is 2.12. The van der Waals surface area contributed by atoms with Gasteiger partial charge in [-0.15, -0.1) is 0 Å². The van der Waals surface area contributed by atoms with E-state index in [-0.39, 0.29) is 5.91 Å². The predicted molar refractivity (Wildman–Crippen MR) is 101 cm³/mol. The lowest BCUT2D eigenvalue weighted by Gasteiger charge is -2.04. The highest BCUT2D eigenvalue weighted by Crippen LogP contribution is 2.17. The van der Waals surface area contributed by atoms with Crippen molar-refractivity contribution in [2.75, 3.05) is 0 Å². The fourth-order valence-corrected chi connectivity index (χ4v) is 2.91. The molecular weight excluding hydrogens is 312 g/mol. The highest BCUT2D eigenvalue weighted by Gasteiger charge is 2.10. The van der Waals surface area contributed by atoms with E-state index in [1.807, 2.05) is 39.0 Å². The van der Waals surface area contributed by atoms with Gasteiger partial charge in [-0.25, -0.2) is 10.4 Å². The lowest BCUT2D eigenvalue weighted by Crippen LogP contribution is -2.17. The zero-order chi connectivity index (χ0) is 18.0. The Balaban J connectivity index is 1.78. The number of rotatable bonds is 4. The average molecular weight is 334 g/mol. The first-order valence-corrected chi connectivity index (χ1v) is 8.37. The Hall–Kier alpha value is -2.95. The van der Waals surface area contributed by atoms with Crippen LogP contribution in [0, 0.1) is 20.8 Å². The molecule has 0 unspecified atom stereocenters. The van der Waals surface area contributed by atoms with Gasteiger partial charge in [0, 0.05) is 12.1 Å². The van der Waals surface area contributed by atoms with Gasteiger partial charge in [0.1, 0.15) is 5.82 Å². The summed E-state index contributed by atoms with van der Waals surface area (Å²) in [6.45, 7) is 8.95. The molecule has 0 aliphatic rings. The molecule has 0 radical (unpaired) electrons. The molecule has 1 heterocycles. The topological polar surface area (TPSA) is 59.3 Å². The van der Waals surface area contributed by atoms with Crippen molar-refractivity contribution >= 4 is 23.2 Å². The van der Waals surface area contributed by atoms with E-state index in [9.17, 15) is 4.79 Å². The second-order valence-electron chi connectivity index (χ2n) is 6.17. The number of nitrogens with one attached hydrogen (secondary N) is 1. The summed E-state index contributed by atoms with van der Waals surface area (Å²) in [7, 11) is 0. The number of amides is 1. The van der Waals surface area contributed by atoms with Crippen molar-refractivity contribution in [2.45, 2.75) is 34.2 Å². The molecule has 25 heavy (non-hydrogen) atoms. The molecular formula is C20H22N4O. The van der Waals surface area contributed by atoms with Crippen molar-refractivity contribution < 1.29 is 4.79 Å². The number of benzene rings is 2. The lowest BCUT2D eigenvalue weighted by molar-refractivity contribution is 0.0955. The SMILES string of the molecule is CCn1c(C)nc2cc(C(=O)NN=Cc3cc(C)ccc3C)ccc21. The van der Waals surface area contributed by atoms with E-state index in [4.69, 9.17) is 0 Å². The zero-order valence-electron chi connectivity index (χ0n) is 15.0. The monoisotopic (exact) mass is 334 g/mol. The molecule has 0 saturated heterocycles. The van der Waals surface area contributed by atoms with Gasteiger partial charge in [-0.1, -0.05) is 23.8 Å². The number of aryl methyl sites for hydroxylation is 4. The van der Waals surface area contributed by atoms with Crippen LogP contribution >= 0.6 is 0 Å². The van der Waals surface area contributed by atoms with Gasteiger partial charge in [0.25, 0.3) is 5.91 Å². The molecule has 1 N–H and O–H groups in total. The summed E-state index contributed by atoms with van der Waals surface area (Å²) in [6.07, 6.45) is 1.68. The first-order valence-electron chi connectivity index (χ1n) is 8.37. The molecule has 3 rings (SSSR count). The number of hydrogen-bond acceptors (Lipinski definition) is 3. The molecule has 3 aromatic rings. The van der Waals surface area contributed by atoms with Crippen molar-refractivity contribution in [3.63, 3.8) is 0 Å². The molecule has 1 amide bonds. The van der Waals surface area contributed by atoms with Crippen LogP contribution in [0.1, 0.15) is 39.8 Å². The summed E-state index contributed by atoms with van der Waals surface area (Å²) in [4.78, 5) is 16.9. The second-order valence-corrected chi connectivity index (χ2v) is 6.17. The van der Waals surface area contributed by atoms with E-state index in [0.29, 0.717) is 5.56 Å². The Labute approximate surface area is 147 Å². The van der Waals surface area contributed by atoms with E-state index >= 15 is 0 Å². The first-order chi connectivity index (χ1) is 12.0. The molecule has 5 nitrogen and oxygen atoms in total. The molecule has 0 fully saturated rings. The number of nitrogens with zero attached hydrogens (tertiary/aromatic N) is 3. The average Bonchev–Trinajstić information content (AvgIpc) is 2.91. The molecule has 2 aromatic carbocycles. The highest BCUT2D eigenvalue weighted by atomic mass is 16.2. The van der Waals surface area contributed by atoms with Gasteiger partial charge in [0.2, 0.25) is 0 Å². The van der Waals surface area contributed by atoms with Crippen LogP contribution in [0.25, 0.3) is 11.0 Å². The van der Waals surface area contributed by atoms with Crippen LogP contribution in [0.3, 0.4) is 0 Å². The number of hydrazone groups is 1. The summed E-state index contributed by atoms with van der Waals surface area (Å²) in [5.41, 5.74) is 8.27. The molecule has 128 valence electrons. The number of carbonyl (C=O) groups excluding carboxylic acids is 1. The third kappa shape index (κ3) is 3.45. The van der Waals surface area contributed by atoms with Crippen LogP contribution in [0.2, 0.25) is 0 Å². The zero-order valence-corrected chi connectivity index (χ0v) is 15.0. The van der Waals surface area contributed by atoms with Gasteiger partial charge in [-0.2, -0.15) is 5.10 Å². The van der Waals surface area contributed by atoms with Crippen LogP contribution in [0.15, 0.2) is 41.5 Å². The minimum Gasteiger partial charge on any atom is -0.329 e.